The Hall–Kier alpha value is -3.39. The lowest BCUT2D eigenvalue weighted by Crippen LogP contribution is -2.63. The Labute approximate surface area is 218 Å². The minimum Gasteiger partial charge on any atom is -0.511 e. The molecule has 0 spiro atoms. The summed E-state index contributed by atoms with van der Waals surface area (Å²) in [6.07, 6.45) is -0.618. The van der Waals surface area contributed by atoms with Crippen LogP contribution in [0.5, 0.6) is 17.2 Å². The first-order chi connectivity index (χ1) is 17.1. The van der Waals surface area contributed by atoms with E-state index in [0.717, 1.165) is 5.39 Å². The fraction of sp³-hybridized carbons (Fsp3) is 0.414. The molecule has 1 heterocycles. The predicted octanol–water partition coefficient (Wildman–Crippen LogP) is 6.39. The van der Waals surface area contributed by atoms with Crippen LogP contribution in [0.15, 0.2) is 30.3 Å². The van der Waals surface area contributed by atoms with Crippen molar-refractivity contribution in [1.29, 1.82) is 0 Å². The van der Waals surface area contributed by atoms with Gasteiger partial charge >= 0.3 is 14.5 Å². The van der Waals surface area contributed by atoms with Crippen LogP contribution in [0.2, 0.25) is 10.1 Å². The molecule has 1 aliphatic rings. The van der Waals surface area contributed by atoms with Crippen LogP contribution in [-0.4, -0.2) is 38.3 Å². The zero-order valence-electron chi connectivity index (χ0n) is 22.7. The van der Waals surface area contributed by atoms with Crippen LogP contribution in [0.3, 0.4) is 0 Å². The van der Waals surface area contributed by atoms with Gasteiger partial charge < -0.3 is 18.7 Å². The van der Waals surface area contributed by atoms with Crippen molar-refractivity contribution in [3.05, 3.63) is 41.5 Å². The van der Waals surface area contributed by atoms with E-state index in [-0.39, 0.29) is 33.6 Å². The Morgan fingerprint density at radius 3 is 2.16 bits per heavy atom. The third-order valence-corrected chi connectivity index (χ3v) is 11.9. The van der Waals surface area contributed by atoms with Crippen molar-refractivity contribution in [2.75, 3.05) is 7.11 Å². The SMILES string of the molecule is COC(=O)Cc1cc2cc3cccc4c3c(c2c(O)c1C(=O)CC(C)=O)O[Si](C(C)(C)C)(C(C)(C)C)O4. The lowest BCUT2D eigenvalue weighted by molar-refractivity contribution is -0.139. The second-order valence-electron chi connectivity index (χ2n) is 11.8. The van der Waals surface area contributed by atoms with Gasteiger partial charge in [-0.2, -0.15) is 0 Å². The average Bonchev–Trinajstić information content (AvgIpc) is 2.76. The number of hydrogen-bond donors (Lipinski definition) is 1. The molecule has 0 saturated carbocycles. The van der Waals surface area contributed by atoms with Crippen molar-refractivity contribution >= 4 is 47.6 Å². The first kappa shape index (κ1) is 26.7. The molecule has 0 saturated heterocycles. The summed E-state index contributed by atoms with van der Waals surface area (Å²) in [4.78, 5) is 37.2. The number of phenols is 1. The molecule has 0 amide bonds. The van der Waals surface area contributed by atoms with E-state index in [1.165, 1.54) is 14.0 Å². The van der Waals surface area contributed by atoms with Crippen LogP contribution < -0.4 is 8.85 Å². The number of methoxy groups -OCH3 is 1. The van der Waals surface area contributed by atoms with Crippen molar-refractivity contribution in [2.45, 2.75) is 71.4 Å². The maximum absolute atomic E-state index is 13.2. The molecule has 3 aromatic rings. The zero-order chi connectivity index (χ0) is 27.5. The number of benzene rings is 3. The van der Waals surface area contributed by atoms with Gasteiger partial charge in [-0.15, -0.1) is 0 Å². The Kier molecular flexibility index (Phi) is 6.39. The van der Waals surface area contributed by atoms with E-state index in [1.807, 2.05) is 24.3 Å². The van der Waals surface area contributed by atoms with Crippen molar-refractivity contribution in [2.24, 2.45) is 0 Å². The van der Waals surface area contributed by atoms with E-state index < -0.39 is 26.7 Å². The van der Waals surface area contributed by atoms with Crippen LogP contribution in [0.25, 0.3) is 21.5 Å². The number of Topliss-reactive ketones (excluding diaryl/α,β-unsaturated/α-hetero) is 2. The van der Waals surface area contributed by atoms with Crippen molar-refractivity contribution < 1.29 is 33.1 Å². The number of carbonyl (C=O) groups is 3. The predicted molar refractivity (Wildman–Crippen MR) is 145 cm³/mol. The standard InChI is InChI=1S/C29H34O7Si/c1-16(30)12-20(31)23-19(15-22(32)34-8)14-18-13-17-10-9-11-21-24(17)27(25(18)26(23)33)36-37(35-21,28(2,3)4)29(5,6)7/h9-11,13-14,33H,12,15H2,1-8H3. The summed E-state index contributed by atoms with van der Waals surface area (Å²) in [6, 6.07) is 9.35. The molecule has 4 rings (SSSR count). The maximum atomic E-state index is 13.2. The minimum absolute atomic E-state index is 0.0601. The van der Waals surface area contributed by atoms with E-state index in [0.29, 0.717) is 33.2 Å². The van der Waals surface area contributed by atoms with E-state index >= 15 is 0 Å². The summed E-state index contributed by atoms with van der Waals surface area (Å²) in [5.41, 5.74) is 0.239. The van der Waals surface area contributed by atoms with Crippen LogP contribution in [0, 0.1) is 0 Å². The summed E-state index contributed by atoms with van der Waals surface area (Å²) in [6.45, 7) is 13.9. The van der Waals surface area contributed by atoms with Crippen molar-refractivity contribution in [1.82, 2.24) is 0 Å². The van der Waals surface area contributed by atoms with E-state index in [9.17, 15) is 19.5 Å². The smallest absolute Gasteiger partial charge is 0.471 e. The van der Waals surface area contributed by atoms with Crippen LogP contribution in [0.4, 0.5) is 0 Å². The largest absolute Gasteiger partial charge is 0.511 e. The molecule has 0 unspecified atom stereocenters. The number of phenolic OH excluding ortho intramolecular Hbond substituents is 1. The molecule has 0 aliphatic carbocycles. The van der Waals surface area contributed by atoms with Gasteiger partial charge in [0, 0.05) is 10.1 Å². The van der Waals surface area contributed by atoms with Crippen molar-refractivity contribution in [3.63, 3.8) is 0 Å². The highest BCUT2D eigenvalue weighted by atomic mass is 28.4. The summed E-state index contributed by atoms with van der Waals surface area (Å²) in [5, 5.41) is 13.5. The number of ketones is 2. The van der Waals surface area contributed by atoms with Gasteiger partial charge in [-0.25, -0.2) is 0 Å². The van der Waals surface area contributed by atoms with Crippen LogP contribution in [-0.2, 0) is 20.7 Å². The monoisotopic (exact) mass is 522 g/mol. The topological polar surface area (TPSA) is 99.1 Å². The van der Waals surface area contributed by atoms with E-state index in [4.69, 9.17) is 13.6 Å². The number of hydrogen-bond acceptors (Lipinski definition) is 7. The zero-order valence-corrected chi connectivity index (χ0v) is 23.7. The van der Waals surface area contributed by atoms with Gasteiger partial charge in [0.05, 0.1) is 36.3 Å². The minimum atomic E-state index is -3.09. The summed E-state index contributed by atoms with van der Waals surface area (Å²) >= 11 is 0. The van der Waals surface area contributed by atoms with Gasteiger partial charge in [0.15, 0.2) is 5.78 Å². The van der Waals surface area contributed by atoms with Crippen LogP contribution in [0.1, 0.15) is 70.8 Å². The summed E-state index contributed by atoms with van der Waals surface area (Å²) in [7, 11) is -1.83. The molecule has 1 N–H and O–H groups in total. The van der Waals surface area contributed by atoms with Crippen LogP contribution >= 0.6 is 0 Å². The Bertz CT molecular complexity index is 1440. The van der Waals surface area contributed by atoms with Gasteiger partial charge in [-0.05, 0) is 41.5 Å². The summed E-state index contributed by atoms with van der Waals surface area (Å²) < 4.78 is 18.6. The molecule has 8 heteroatoms. The molecular weight excluding hydrogens is 488 g/mol. The highest BCUT2D eigenvalue weighted by molar-refractivity contribution is 6.75. The lowest BCUT2D eigenvalue weighted by atomic mass is 9.91. The van der Waals surface area contributed by atoms with Gasteiger partial charge in [-0.1, -0.05) is 53.7 Å². The molecule has 7 nitrogen and oxygen atoms in total. The number of carbonyl (C=O) groups excluding carboxylic acids is 3. The van der Waals surface area contributed by atoms with E-state index in [2.05, 4.69) is 41.5 Å². The molecule has 0 fully saturated rings. The number of esters is 1. The first-order valence-electron chi connectivity index (χ1n) is 12.3. The van der Waals surface area contributed by atoms with Gasteiger partial charge in [0.2, 0.25) is 0 Å². The van der Waals surface area contributed by atoms with Crippen molar-refractivity contribution in [3.8, 4) is 17.2 Å². The third-order valence-electron chi connectivity index (χ3n) is 6.96. The fourth-order valence-corrected chi connectivity index (χ4v) is 10.0. The second-order valence-corrected chi connectivity index (χ2v) is 16.4. The molecule has 37 heavy (non-hydrogen) atoms. The molecule has 0 radical (unpaired) electrons. The molecule has 0 atom stereocenters. The maximum Gasteiger partial charge on any atom is 0.471 e. The van der Waals surface area contributed by atoms with Gasteiger partial charge in [0.25, 0.3) is 0 Å². The quantitative estimate of drug-likeness (QED) is 0.136. The van der Waals surface area contributed by atoms with E-state index in [1.54, 1.807) is 6.07 Å². The fourth-order valence-electron chi connectivity index (χ4n) is 5.54. The number of rotatable bonds is 5. The Morgan fingerprint density at radius 1 is 0.946 bits per heavy atom. The van der Waals surface area contributed by atoms with Gasteiger partial charge in [-0.3, -0.25) is 14.4 Å². The number of aromatic hydroxyl groups is 1. The molecule has 196 valence electrons. The van der Waals surface area contributed by atoms with Gasteiger partial charge in [0.1, 0.15) is 23.0 Å². The third kappa shape index (κ3) is 4.27. The average molecular weight is 523 g/mol. The molecule has 0 aromatic heterocycles. The Morgan fingerprint density at radius 2 is 1.59 bits per heavy atom. The molecule has 3 aromatic carbocycles. The highest BCUT2D eigenvalue weighted by Gasteiger charge is 2.64. The number of fused-ring (bicyclic) bond motifs is 2. The Balaban J connectivity index is 2.14. The molecular formula is C29H34O7Si. The lowest BCUT2D eigenvalue weighted by Gasteiger charge is -2.50. The highest BCUT2D eigenvalue weighted by Crippen LogP contribution is 2.58. The normalized spacial score (nSPS) is 14.7. The molecule has 0 bridgehead atoms. The summed E-state index contributed by atoms with van der Waals surface area (Å²) in [5.74, 6) is -0.629. The number of ether oxygens (including phenoxy) is 1. The first-order valence-corrected chi connectivity index (χ1v) is 14.1. The second kappa shape index (κ2) is 8.87. The molecule has 1 aliphatic heterocycles.